The van der Waals surface area contributed by atoms with Crippen LogP contribution in [0.2, 0.25) is 0 Å². The number of hydrogen-bond donors (Lipinski definition) is 1. The van der Waals surface area contributed by atoms with Crippen LogP contribution in [-0.4, -0.2) is 52.3 Å². The Kier molecular flexibility index (Phi) is 4.79. The van der Waals surface area contributed by atoms with Gasteiger partial charge in [0.1, 0.15) is 0 Å². The lowest BCUT2D eigenvalue weighted by atomic mass is 9.98. The molecule has 0 aromatic rings. The Balaban J connectivity index is 1.73. The molecule has 4 heteroatoms. The molecule has 0 radical (unpaired) electrons. The van der Waals surface area contributed by atoms with Crippen LogP contribution < -0.4 is 5.32 Å². The highest BCUT2D eigenvalue weighted by Gasteiger charge is 2.23. The lowest BCUT2D eigenvalue weighted by Gasteiger charge is -2.35. The SMILES string of the molecule is CC(CC1CCCCN1)N1CCS(=O)CC1. The molecule has 2 rings (SSSR count). The van der Waals surface area contributed by atoms with Crippen LogP contribution in [0.25, 0.3) is 0 Å². The van der Waals surface area contributed by atoms with E-state index in [0.717, 1.165) is 30.6 Å². The van der Waals surface area contributed by atoms with Crippen LogP contribution in [0.3, 0.4) is 0 Å². The van der Waals surface area contributed by atoms with Crippen molar-refractivity contribution in [2.45, 2.75) is 44.7 Å². The van der Waals surface area contributed by atoms with Gasteiger partial charge >= 0.3 is 0 Å². The van der Waals surface area contributed by atoms with Crippen molar-refractivity contribution < 1.29 is 4.21 Å². The van der Waals surface area contributed by atoms with Gasteiger partial charge in [-0.3, -0.25) is 9.11 Å². The molecule has 94 valence electrons. The summed E-state index contributed by atoms with van der Waals surface area (Å²) >= 11 is 0. The molecular weight excluding hydrogens is 220 g/mol. The van der Waals surface area contributed by atoms with E-state index in [0.29, 0.717) is 6.04 Å². The fraction of sp³-hybridized carbons (Fsp3) is 1.00. The molecule has 2 atom stereocenters. The van der Waals surface area contributed by atoms with Gasteiger partial charge in [-0.1, -0.05) is 6.42 Å². The van der Waals surface area contributed by atoms with Crippen molar-refractivity contribution in [3.63, 3.8) is 0 Å². The molecule has 0 aromatic heterocycles. The van der Waals surface area contributed by atoms with Gasteiger partial charge in [-0.2, -0.15) is 0 Å². The second kappa shape index (κ2) is 6.12. The third kappa shape index (κ3) is 3.54. The second-order valence-electron chi connectivity index (χ2n) is 5.12. The first-order valence-electron chi connectivity index (χ1n) is 6.58. The minimum atomic E-state index is -0.541. The average Bonchev–Trinajstić information content (AvgIpc) is 2.31. The van der Waals surface area contributed by atoms with Gasteiger partial charge in [-0.15, -0.1) is 0 Å². The molecule has 2 unspecified atom stereocenters. The maximum Gasteiger partial charge on any atom is 0.0363 e. The quantitative estimate of drug-likeness (QED) is 0.803. The molecule has 0 aliphatic carbocycles. The van der Waals surface area contributed by atoms with Crippen LogP contribution in [-0.2, 0) is 10.8 Å². The number of nitrogens with one attached hydrogen (secondary N) is 1. The molecule has 2 fully saturated rings. The monoisotopic (exact) mass is 244 g/mol. The number of nitrogens with zero attached hydrogens (tertiary/aromatic N) is 1. The zero-order valence-corrected chi connectivity index (χ0v) is 11.1. The fourth-order valence-electron chi connectivity index (χ4n) is 2.78. The maximum absolute atomic E-state index is 11.3. The second-order valence-corrected chi connectivity index (χ2v) is 6.81. The van der Waals surface area contributed by atoms with Gasteiger partial charge in [0.2, 0.25) is 0 Å². The Bertz CT molecular complexity index is 231. The van der Waals surface area contributed by atoms with Crippen LogP contribution >= 0.6 is 0 Å². The molecule has 0 aromatic carbocycles. The molecule has 0 bridgehead atoms. The Hall–Kier alpha value is 0.0700. The predicted molar refractivity (Wildman–Crippen MR) is 69.2 cm³/mol. The van der Waals surface area contributed by atoms with E-state index in [2.05, 4.69) is 17.1 Å². The number of piperidine rings is 1. The maximum atomic E-state index is 11.3. The minimum absolute atomic E-state index is 0.541. The molecule has 0 saturated carbocycles. The minimum Gasteiger partial charge on any atom is -0.314 e. The summed E-state index contributed by atoms with van der Waals surface area (Å²) in [6, 6.07) is 1.36. The van der Waals surface area contributed by atoms with Crippen LogP contribution in [0.15, 0.2) is 0 Å². The lowest BCUT2D eigenvalue weighted by molar-refractivity contribution is 0.194. The van der Waals surface area contributed by atoms with E-state index in [1.807, 2.05) is 0 Å². The highest BCUT2D eigenvalue weighted by molar-refractivity contribution is 7.85. The van der Waals surface area contributed by atoms with Crippen LogP contribution in [0.4, 0.5) is 0 Å². The first-order chi connectivity index (χ1) is 7.75. The standard InChI is InChI=1S/C12H24N2OS/c1-11(10-12-4-2-3-5-13-12)14-6-8-16(15)9-7-14/h11-13H,2-10H2,1H3. The molecule has 2 saturated heterocycles. The smallest absolute Gasteiger partial charge is 0.0363 e. The van der Waals surface area contributed by atoms with Gasteiger partial charge in [-0.05, 0) is 32.7 Å². The average molecular weight is 244 g/mol. The third-order valence-corrected chi connectivity index (χ3v) is 5.15. The Morgan fingerprint density at radius 3 is 2.75 bits per heavy atom. The van der Waals surface area contributed by atoms with E-state index in [1.165, 1.54) is 32.2 Å². The summed E-state index contributed by atoms with van der Waals surface area (Å²) in [5.41, 5.74) is 0. The molecule has 16 heavy (non-hydrogen) atoms. The van der Waals surface area contributed by atoms with E-state index in [-0.39, 0.29) is 0 Å². The highest BCUT2D eigenvalue weighted by atomic mass is 32.2. The summed E-state index contributed by atoms with van der Waals surface area (Å²) < 4.78 is 11.3. The molecule has 2 aliphatic heterocycles. The lowest BCUT2D eigenvalue weighted by Crippen LogP contribution is -2.46. The van der Waals surface area contributed by atoms with Gasteiger partial charge < -0.3 is 5.32 Å². The van der Waals surface area contributed by atoms with E-state index < -0.39 is 10.8 Å². The predicted octanol–water partition coefficient (Wildman–Crippen LogP) is 0.971. The van der Waals surface area contributed by atoms with Crippen molar-refractivity contribution in [1.82, 2.24) is 10.2 Å². The van der Waals surface area contributed by atoms with Crippen molar-refractivity contribution in [3.05, 3.63) is 0 Å². The first kappa shape index (κ1) is 12.5. The van der Waals surface area contributed by atoms with Crippen LogP contribution in [0.5, 0.6) is 0 Å². The van der Waals surface area contributed by atoms with Gasteiger partial charge in [0.15, 0.2) is 0 Å². The van der Waals surface area contributed by atoms with E-state index in [4.69, 9.17) is 0 Å². The summed E-state index contributed by atoms with van der Waals surface area (Å²) in [4.78, 5) is 2.51. The van der Waals surface area contributed by atoms with Crippen molar-refractivity contribution in [1.29, 1.82) is 0 Å². The Morgan fingerprint density at radius 2 is 2.12 bits per heavy atom. The van der Waals surface area contributed by atoms with Crippen molar-refractivity contribution >= 4 is 10.8 Å². The highest BCUT2D eigenvalue weighted by Crippen LogP contribution is 2.16. The molecule has 2 heterocycles. The molecule has 2 aliphatic rings. The van der Waals surface area contributed by atoms with Gasteiger partial charge in [0, 0.05) is 47.5 Å². The summed E-state index contributed by atoms with van der Waals surface area (Å²) in [6.45, 7) is 5.58. The summed E-state index contributed by atoms with van der Waals surface area (Å²) in [6.07, 6.45) is 5.32. The van der Waals surface area contributed by atoms with Crippen molar-refractivity contribution in [2.75, 3.05) is 31.1 Å². The largest absolute Gasteiger partial charge is 0.314 e. The number of rotatable bonds is 3. The summed E-state index contributed by atoms with van der Waals surface area (Å²) in [5.74, 6) is 1.75. The van der Waals surface area contributed by atoms with Crippen molar-refractivity contribution in [2.24, 2.45) is 0 Å². The van der Waals surface area contributed by atoms with E-state index in [1.54, 1.807) is 0 Å². The van der Waals surface area contributed by atoms with E-state index in [9.17, 15) is 4.21 Å². The Labute approximate surface area is 101 Å². The van der Waals surface area contributed by atoms with Gasteiger partial charge in [-0.25, -0.2) is 0 Å². The first-order valence-corrected chi connectivity index (χ1v) is 8.07. The van der Waals surface area contributed by atoms with Crippen molar-refractivity contribution in [3.8, 4) is 0 Å². The zero-order chi connectivity index (χ0) is 11.4. The Morgan fingerprint density at radius 1 is 1.38 bits per heavy atom. The van der Waals surface area contributed by atoms with Gasteiger partial charge in [0.25, 0.3) is 0 Å². The molecule has 3 nitrogen and oxygen atoms in total. The van der Waals surface area contributed by atoms with E-state index >= 15 is 0 Å². The summed E-state index contributed by atoms with van der Waals surface area (Å²) in [5, 5.41) is 3.61. The zero-order valence-electron chi connectivity index (χ0n) is 10.3. The molecule has 0 amide bonds. The molecule has 0 spiro atoms. The van der Waals surface area contributed by atoms with Gasteiger partial charge in [0.05, 0.1) is 0 Å². The normalized spacial score (nSPS) is 31.4. The fourth-order valence-corrected chi connectivity index (χ4v) is 3.86. The molecule has 1 N–H and O–H groups in total. The molecular formula is C12H24N2OS. The van der Waals surface area contributed by atoms with Crippen LogP contribution in [0.1, 0.15) is 32.6 Å². The third-order valence-electron chi connectivity index (χ3n) is 3.87. The van der Waals surface area contributed by atoms with Crippen LogP contribution in [0, 0.1) is 0 Å². The topological polar surface area (TPSA) is 32.3 Å². The number of hydrogen-bond acceptors (Lipinski definition) is 3. The summed E-state index contributed by atoms with van der Waals surface area (Å²) in [7, 11) is -0.541.